The Labute approximate surface area is 42.1 Å². The van der Waals surface area contributed by atoms with E-state index < -0.39 is 0 Å². The van der Waals surface area contributed by atoms with Crippen LogP contribution in [0.5, 0.6) is 0 Å². The lowest BCUT2D eigenvalue weighted by Gasteiger charge is -2.00. The molecule has 0 atom stereocenters. The molecule has 0 aromatic carbocycles. The van der Waals surface area contributed by atoms with Crippen LogP contribution in [0.1, 0.15) is 13.8 Å². The molecule has 0 aromatic heterocycles. The molecule has 2 radical (unpaired) electrons. The molecular formula is C4H10OSi. The highest BCUT2D eigenvalue weighted by atomic mass is 28.1. The topological polar surface area (TPSA) is 9.23 Å². The standard InChI is InChI=1S/C4H10OSi/c1-4(2)5-3-6/h4,6H,3H2,1-2H3. The van der Waals surface area contributed by atoms with Crippen molar-refractivity contribution in [2.75, 3.05) is 6.23 Å². The summed E-state index contributed by atoms with van der Waals surface area (Å²) in [4.78, 5) is 0. The van der Waals surface area contributed by atoms with Crippen LogP contribution in [0.25, 0.3) is 0 Å². The molecule has 36 valence electrons. The first-order valence-electron chi connectivity index (χ1n) is 2.09. The van der Waals surface area contributed by atoms with Gasteiger partial charge in [0, 0.05) is 6.23 Å². The lowest BCUT2D eigenvalue weighted by molar-refractivity contribution is 0.117. The van der Waals surface area contributed by atoms with Crippen molar-refractivity contribution in [1.29, 1.82) is 0 Å². The van der Waals surface area contributed by atoms with Gasteiger partial charge in [0.05, 0.1) is 16.3 Å². The largest absolute Gasteiger partial charge is 0.383 e. The van der Waals surface area contributed by atoms with Crippen LogP contribution in [0, 0.1) is 0 Å². The Bertz CT molecular complexity index is 28.7. The molecule has 0 saturated carbocycles. The summed E-state index contributed by atoms with van der Waals surface area (Å²) >= 11 is 0. The van der Waals surface area contributed by atoms with E-state index >= 15 is 0 Å². The molecule has 0 aromatic rings. The fourth-order valence-electron chi connectivity index (χ4n) is 0.192. The van der Waals surface area contributed by atoms with Crippen LogP contribution in [0.15, 0.2) is 0 Å². The zero-order valence-electron chi connectivity index (χ0n) is 4.27. The first kappa shape index (κ1) is 6.18. The molecule has 0 aliphatic heterocycles. The minimum atomic E-state index is 0.377. The van der Waals surface area contributed by atoms with Gasteiger partial charge in [-0.2, -0.15) is 0 Å². The van der Waals surface area contributed by atoms with Gasteiger partial charge in [0.25, 0.3) is 0 Å². The Morgan fingerprint density at radius 1 is 1.67 bits per heavy atom. The summed E-state index contributed by atoms with van der Waals surface area (Å²) in [5, 5.41) is 0. The van der Waals surface area contributed by atoms with Crippen molar-refractivity contribution in [2.45, 2.75) is 20.0 Å². The molecule has 0 heterocycles. The third-order valence-corrected chi connectivity index (χ3v) is 0.622. The Morgan fingerprint density at radius 3 is 2.17 bits per heavy atom. The molecule has 0 N–H and O–H groups in total. The van der Waals surface area contributed by atoms with Gasteiger partial charge in [-0.3, -0.25) is 0 Å². The van der Waals surface area contributed by atoms with Gasteiger partial charge in [0.2, 0.25) is 0 Å². The molecule has 1 nitrogen and oxygen atoms in total. The molecule has 0 bridgehead atoms. The van der Waals surface area contributed by atoms with E-state index in [-0.39, 0.29) is 0 Å². The Morgan fingerprint density at radius 2 is 2.17 bits per heavy atom. The zero-order chi connectivity index (χ0) is 4.99. The van der Waals surface area contributed by atoms with Crippen LogP contribution in [0.3, 0.4) is 0 Å². The van der Waals surface area contributed by atoms with Crippen LogP contribution in [0.2, 0.25) is 0 Å². The first-order valence-corrected chi connectivity index (χ1v) is 2.90. The molecule has 0 fully saturated rings. The van der Waals surface area contributed by atoms with E-state index in [1.54, 1.807) is 0 Å². The van der Waals surface area contributed by atoms with E-state index in [9.17, 15) is 0 Å². The third kappa shape index (κ3) is 4.18. The van der Waals surface area contributed by atoms with Crippen molar-refractivity contribution in [2.24, 2.45) is 0 Å². The normalized spacial score (nSPS) is 10.0. The molecule has 0 aliphatic carbocycles. The van der Waals surface area contributed by atoms with Gasteiger partial charge in [0.15, 0.2) is 0 Å². The molecule has 0 saturated heterocycles. The number of ether oxygens (including phenoxy) is 1. The van der Waals surface area contributed by atoms with Crippen molar-refractivity contribution in [3.8, 4) is 0 Å². The highest BCUT2D eigenvalue weighted by Gasteiger charge is 1.83. The van der Waals surface area contributed by atoms with E-state index in [0.717, 1.165) is 6.23 Å². The predicted molar refractivity (Wildman–Crippen MR) is 28.2 cm³/mol. The number of hydrogen-bond acceptors (Lipinski definition) is 1. The van der Waals surface area contributed by atoms with Crippen LogP contribution in [-0.2, 0) is 4.74 Å². The molecule has 0 amide bonds. The molecule has 2 heteroatoms. The summed E-state index contributed by atoms with van der Waals surface area (Å²) in [5.74, 6) is 0. The molecule has 0 unspecified atom stereocenters. The smallest absolute Gasteiger partial charge is 0.0514 e. The predicted octanol–water partition coefficient (Wildman–Crippen LogP) is 0.270. The Balaban J connectivity index is 2.63. The second-order valence-electron chi connectivity index (χ2n) is 1.38. The minimum absolute atomic E-state index is 0.377. The fraction of sp³-hybridized carbons (Fsp3) is 1.00. The highest BCUT2D eigenvalue weighted by Crippen LogP contribution is 1.81. The maximum atomic E-state index is 5.00. The van der Waals surface area contributed by atoms with Gasteiger partial charge in [-0.25, -0.2) is 0 Å². The van der Waals surface area contributed by atoms with Gasteiger partial charge in [-0.15, -0.1) is 0 Å². The highest BCUT2D eigenvalue weighted by molar-refractivity contribution is 6.08. The van der Waals surface area contributed by atoms with Gasteiger partial charge >= 0.3 is 0 Å². The molecule has 0 rings (SSSR count). The number of rotatable bonds is 2. The Kier molecular flexibility index (Phi) is 3.47. The quantitative estimate of drug-likeness (QED) is 0.455. The van der Waals surface area contributed by atoms with Gasteiger partial charge in [-0.05, 0) is 13.8 Å². The van der Waals surface area contributed by atoms with E-state index in [4.69, 9.17) is 4.74 Å². The average Bonchev–Trinajstić information content (AvgIpc) is 1.35. The molecule has 6 heavy (non-hydrogen) atoms. The summed E-state index contributed by atoms with van der Waals surface area (Å²) in [6.07, 6.45) is 1.12. The summed E-state index contributed by atoms with van der Waals surface area (Å²) in [6.45, 7) is 4.04. The molecule has 0 spiro atoms. The van der Waals surface area contributed by atoms with Crippen molar-refractivity contribution in [3.05, 3.63) is 0 Å². The fourth-order valence-corrected chi connectivity index (χ4v) is 0.577. The van der Waals surface area contributed by atoms with Crippen LogP contribution in [-0.4, -0.2) is 22.6 Å². The van der Waals surface area contributed by atoms with Crippen LogP contribution < -0.4 is 0 Å². The molecular weight excluding hydrogens is 92.1 g/mol. The van der Waals surface area contributed by atoms with E-state index in [2.05, 4.69) is 10.2 Å². The summed E-state index contributed by atoms with van der Waals surface area (Å²) in [6, 6.07) is 0. The maximum absolute atomic E-state index is 5.00. The second-order valence-corrected chi connectivity index (χ2v) is 1.72. The van der Waals surface area contributed by atoms with Crippen molar-refractivity contribution < 1.29 is 4.74 Å². The van der Waals surface area contributed by atoms with Crippen molar-refractivity contribution in [3.63, 3.8) is 0 Å². The van der Waals surface area contributed by atoms with Crippen LogP contribution in [0.4, 0.5) is 0 Å². The second kappa shape index (κ2) is 3.37. The lowest BCUT2D eigenvalue weighted by atomic mass is 10.5. The maximum Gasteiger partial charge on any atom is 0.0514 e. The van der Waals surface area contributed by atoms with Crippen molar-refractivity contribution in [1.82, 2.24) is 0 Å². The minimum Gasteiger partial charge on any atom is -0.383 e. The molecule has 0 aliphatic rings. The van der Waals surface area contributed by atoms with Gasteiger partial charge in [0.1, 0.15) is 0 Å². The lowest BCUT2D eigenvalue weighted by Crippen LogP contribution is -2.02. The first-order chi connectivity index (χ1) is 2.77. The Hall–Kier alpha value is 0.177. The zero-order valence-corrected chi connectivity index (χ0v) is 5.42. The number of hydrogen-bond donors (Lipinski definition) is 0. The SMILES string of the molecule is CC(C)OC[SiH]. The van der Waals surface area contributed by atoms with Gasteiger partial charge < -0.3 is 4.74 Å². The summed E-state index contributed by atoms with van der Waals surface area (Å²) < 4.78 is 5.00. The monoisotopic (exact) mass is 102 g/mol. The van der Waals surface area contributed by atoms with Crippen molar-refractivity contribution >= 4 is 10.2 Å². The summed E-state index contributed by atoms with van der Waals surface area (Å²) in [7, 11) is 2.50. The van der Waals surface area contributed by atoms with E-state index in [1.807, 2.05) is 13.8 Å². The van der Waals surface area contributed by atoms with E-state index in [0.29, 0.717) is 6.10 Å². The third-order valence-electron chi connectivity index (χ3n) is 0.430. The van der Waals surface area contributed by atoms with Crippen LogP contribution >= 0.6 is 0 Å². The average molecular weight is 102 g/mol. The van der Waals surface area contributed by atoms with E-state index in [1.165, 1.54) is 0 Å². The van der Waals surface area contributed by atoms with Gasteiger partial charge in [-0.1, -0.05) is 0 Å². The summed E-state index contributed by atoms with van der Waals surface area (Å²) in [5.41, 5.74) is 0.